The number of hydrogen-bond acceptors (Lipinski definition) is 1. The summed E-state index contributed by atoms with van der Waals surface area (Å²) in [5.74, 6) is 1.73. The van der Waals surface area contributed by atoms with Crippen molar-refractivity contribution in [3.63, 3.8) is 0 Å². The van der Waals surface area contributed by atoms with E-state index >= 15 is 0 Å². The zero-order valence-corrected chi connectivity index (χ0v) is 21.6. The number of hydrogen-bond donors (Lipinski definition) is 0. The molecule has 176 valence electrons. The topological polar surface area (TPSA) is 17.8 Å². The molecule has 1 heterocycles. The van der Waals surface area contributed by atoms with E-state index < -0.39 is 0 Å². The molecule has 4 aromatic carbocycles. The minimum atomic E-state index is 0.361. The van der Waals surface area contributed by atoms with Crippen LogP contribution in [0.2, 0.25) is 0 Å². The Morgan fingerprint density at radius 3 is 1.86 bits per heavy atom. The predicted molar refractivity (Wildman–Crippen MR) is 150 cm³/mol. The van der Waals surface area contributed by atoms with E-state index in [2.05, 4.69) is 131 Å². The lowest BCUT2D eigenvalue weighted by atomic mass is 9.88. The van der Waals surface area contributed by atoms with Crippen LogP contribution in [0.5, 0.6) is 0 Å². The fourth-order valence-corrected chi connectivity index (χ4v) is 4.94. The largest absolute Gasteiger partial charge is 0.292 e. The predicted octanol–water partition coefficient (Wildman–Crippen LogP) is 9.22. The highest BCUT2D eigenvalue weighted by atomic mass is 15.1. The summed E-state index contributed by atoms with van der Waals surface area (Å²) in [4.78, 5) is 5.17. The van der Waals surface area contributed by atoms with Crippen molar-refractivity contribution in [2.24, 2.45) is 0 Å². The van der Waals surface area contributed by atoms with Gasteiger partial charge < -0.3 is 0 Å². The van der Waals surface area contributed by atoms with Gasteiger partial charge >= 0.3 is 0 Å². The number of fused-ring (bicyclic) bond motifs is 1. The fraction of sp³-hybridized carbons (Fsp3) is 0.242. The first kappa shape index (κ1) is 23.1. The Morgan fingerprint density at radius 2 is 1.23 bits per heavy atom. The standard InChI is InChI=1S/C33H34N2/c1-21(2)28-19-27(25-12-8-7-9-13-25)20-29(22(3)4)32(28)35-31-15-11-10-14-30(31)34-33(35)26-17-16-23(5)24(6)18-26/h7-22H,1-6H3. The summed E-state index contributed by atoms with van der Waals surface area (Å²) in [5, 5.41) is 0. The SMILES string of the molecule is Cc1ccc(-c2nc3ccccc3n2-c2c(C(C)C)cc(-c3ccccc3)cc2C(C)C)cc1C. The Kier molecular flexibility index (Phi) is 6.06. The van der Waals surface area contributed by atoms with Crippen LogP contribution in [0.15, 0.2) is 84.9 Å². The van der Waals surface area contributed by atoms with E-state index in [4.69, 9.17) is 4.98 Å². The number of rotatable bonds is 5. The number of imidazole rings is 1. The lowest BCUT2D eigenvalue weighted by Crippen LogP contribution is -2.09. The first-order valence-corrected chi connectivity index (χ1v) is 12.6. The summed E-state index contributed by atoms with van der Waals surface area (Å²) >= 11 is 0. The molecule has 5 aromatic rings. The van der Waals surface area contributed by atoms with E-state index in [1.54, 1.807) is 0 Å². The second-order valence-corrected chi connectivity index (χ2v) is 10.2. The molecular weight excluding hydrogens is 424 g/mol. The average molecular weight is 459 g/mol. The summed E-state index contributed by atoms with van der Waals surface area (Å²) in [6.45, 7) is 13.5. The first-order valence-electron chi connectivity index (χ1n) is 12.6. The number of aryl methyl sites for hydroxylation is 2. The molecule has 1 aromatic heterocycles. The van der Waals surface area contributed by atoms with Gasteiger partial charge in [0, 0.05) is 5.56 Å². The van der Waals surface area contributed by atoms with Crippen molar-refractivity contribution in [2.45, 2.75) is 53.4 Å². The molecule has 0 radical (unpaired) electrons. The third-order valence-corrected chi connectivity index (χ3v) is 7.07. The van der Waals surface area contributed by atoms with E-state index in [9.17, 15) is 0 Å². The van der Waals surface area contributed by atoms with Crippen LogP contribution in [-0.2, 0) is 0 Å². The van der Waals surface area contributed by atoms with Gasteiger partial charge in [-0.2, -0.15) is 0 Å². The lowest BCUT2D eigenvalue weighted by molar-refractivity contribution is 0.811. The molecule has 0 aliphatic rings. The molecule has 0 N–H and O–H groups in total. The van der Waals surface area contributed by atoms with Gasteiger partial charge in [-0.1, -0.05) is 82.3 Å². The molecule has 5 rings (SSSR count). The Morgan fingerprint density at radius 1 is 0.600 bits per heavy atom. The van der Waals surface area contributed by atoms with Crippen LogP contribution < -0.4 is 0 Å². The highest BCUT2D eigenvalue weighted by Crippen LogP contribution is 2.40. The van der Waals surface area contributed by atoms with E-state index in [0.29, 0.717) is 11.8 Å². The maximum atomic E-state index is 5.17. The number of benzene rings is 4. The highest BCUT2D eigenvalue weighted by Gasteiger charge is 2.23. The van der Waals surface area contributed by atoms with Crippen LogP contribution in [0.4, 0.5) is 0 Å². The van der Waals surface area contributed by atoms with Gasteiger partial charge in [-0.15, -0.1) is 0 Å². The minimum absolute atomic E-state index is 0.361. The number of nitrogens with zero attached hydrogens (tertiary/aromatic N) is 2. The maximum absolute atomic E-state index is 5.17. The van der Waals surface area contributed by atoms with Gasteiger partial charge in [0.15, 0.2) is 0 Å². The van der Waals surface area contributed by atoms with Gasteiger partial charge in [0.1, 0.15) is 5.82 Å². The van der Waals surface area contributed by atoms with Gasteiger partial charge in [-0.25, -0.2) is 4.98 Å². The third kappa shape index (κ3) is 4.18. The van der Waals surface area contributed by atoms with Crippen molar-refractivity contribution in [3.8, 4) is 28.2 Å². The minimum Gasteiger partial charge on any atom is -0.292 e. The van der Waals surface area contributed by atoms with E-state index in [1.165, 1.54) is 39.1 Å². The highest BCUT2D eigenvalue weighted by molar-refractivity contribution is 5.85. The monoisotopic (exact) mass is 458 g/mol. The van der Waals surface area contributed by atoms with Crippen molar-refractivity contribution < 1.29 is 0 Å². The summed E-state index contributed by atoms with van der Waals surface area (Å²) in [6.07, 6.45) is 0. The Hall–Kier alpha value is -3.65. The molecule has 35 heavy (non-hydrogen) atoms. The molecule has 0 aliphatic heterocycles. The molecule has 0 amide bonds. The Labute approximate surface area is 209 Å². The molecule has 0 atom stereocenters. The normalized spacial score (nSPS) is 11.7. The summed E-state index contributed by atoms with van der Waals surface area (Å²) in [7, 11) is 0. The molecule has 0 unspecified atom stereocenters. The van der Waals surface area contributed by atoms with Crippen LogP contribution in [0.3, 0.4) is 0 Å². The molecule has 0 bridgehead atoms. The van der Waals surface area contributed by atoms with Crippen LogP contribution >= 0.6 is 0 Å². The van der Waals surface area contributed by atoms with Crippen molar-refractivity contribution in [1.82, 2.24) is 9.55 Å². The van der Waals surface area contributed by atoms with E-state index in [0.717, 1.165) is 22.4 Å². The molecule has 0 saturated carbocycles. The molecule has 0 aliphatic carbocycles. The molecule has 0 saturated heterocycles. The zero-order chi connectivity index (χ0) is 24.7. The number of aromatic nitrogens is 2. The van der Waals surface area contributed by atoms with Gasteiger partial charge in [0.2, 0.25) is 0 Å². The van der Waals surface area contributed by atoms with Crippen molar-refractivity contribution in [3.05, 3.63) is 107 Å². The van der Waals surface area contributed by atoms with Gasteiger partial charge in [0.25, 0.3) is 0 Å². The quantitative estimate of drug-likeness (QED) is 0.257. The average Bonchev–Trinajstić information content (AvgIpc) is 3.24. The van der Waals surface area contributed by atoms with Crippen molar-refractivity contribution >= 4 is 11.0 Å². The maximum Gasteiger partial charge on any atom is 0.145 e. The van der Waals surface area contributed by atoms with E-state index in [1.807, 2.05) is 0 Å². The molecular formula is C33H34N2. The smallest absolute Gasteiger partial charge is 0.145 e. The summed E-state index contributed by atoms with van der Waals surface area (Å²) < 4.78 is 2.42. The third-order valence-electron chi connectivity index (χ3n) is 7.07. The van der Waals surface area contributed by atoms with Crippen LogP contribution in [0, 0.1) is 13.8 Å². The molecule has 2 heteroatoms. The van der Waals surface area contributed by atoms with Crippen molar-refractivity contribution in [2.75, 3.05) is 0 Å². The Bertz CT molecular complexity index is 1470. The van der Waals surface area contributed by atoms with Crippen LogP contribution in [0.25, 0.3) is 39.2 Å². The van der Waals surface area contributed by atoms with Crippen molar-refractivity contribution in [1.29, 1.82) is 0 Å². The number of para-hydroxylation sites is 2. The van der Waals surface area contributed by atoms with Gasteiger partial charge in [-0.3, -0.25) is 4.57 Å². The first-order chi connectivity index (χ1) is 16.8. The van der Waals surface area contributed by atoms with Gasteiger partial charge in [-0.05, 0) is 89.4 Å². The molecule has 2 nitrogen and oxygen atoms in total. The second-order valence-electron chi connectivity index (χ2n) is 10.2. The second kappa shape index (κ2) is 9.19. The van der Waals surface area contributed by atoms with E-state index in [-0.39, 0.29) is 0 Å². The van der Waals surface area contributed by atoms with Crippen LogP contribution in [0.1, 0.15) is 61.8 Å². The fourth-order valence-electron chi connectivity index (χ4n) is 4.94. The zero-order valence-electron chi connectivity index (χ0n) is 21.6. The Balaban J connectivity index is 1.88. The van der Waals surface area contributed by atoms with Crippen LogP contribution in [-0.4, -0.2) is 9.55 Å². The molecule has 0 spiro atoms. The molecule has 0 fully saturated rings. The summed E-state index contributed by atoms with van der Waals surface area (Å²) in [6, 6.07) is 30.7. The summed E-state index contributed by atoms with van der Waals surface area (Å²) in [5.41, 5.74) is 12.4. The lowest BCUT2D eigenvalue weighted by Gasteiger charge is -2.24. The van der Waals surface area contributed by atoms with Gasteiger partial charge in [0.05, 0.1) is 16.7 Å².